The number of aryl methyl sites for hydroxylation is 2. The smallest absolute Gasteiger partial charge is 0.265 e. The molecule has 0 unspecified atom stereocenters. The highest BCUT2D eigenvalue weighted by Gasteiger charge is 2.22. The van der Waals surface area contributed by atoms with Crippen molar-refractivity contribution in [1.29, 1.82) is 0 Å². The zero-order valence-corrected chi connectivity index (χ0v) is 20.4. The number of ketones is 1. The number of carbonyl (C=O) groups is 1. The van der Waals surface area contributed by atoms with Gasteiger partial charge in [0.2, 0.25) is 0 Å². The van der Waals surface area contributed by atoms with E-state index in [0.29, 0.717) is 22.5 Å². The van der Waals surface area contributed by atoms with E-state index in [0.717, 1.165) is 34.6 Å². The summed E-state index contributed by atoms with van der Waals surface area (Å²) in [7, 11) is -3.64. The van der Waals surface area contributed by atoms with E-state index in [1.165, 1.54) is 11.3 Å². The molecule has 4 aromatic rings. The average Bonchev–Trinajstić information content (AvgIpc) is 3.44. The SMILES string of the molecule is Cc1ccc(S(=O)(=O)CC(=O)Cc2ccc(-n3c(C)nc4c5c(ccc4c3=O)NCC5)cc2)s1. The van der Waals surface area contributed by atoms with Crippen LogP contribution in [-0.4, -0.2) is 36.0 Å². The van der Waals surface area contributed by atoms with Gasteiger partial charge in [-0.15, -0.1) is 11.3 Å². The summed E-state index contributed by atoms with van der Waals surface area (Å²) < 4.78 is 26.7. The Morgan fingerprint density at radius 2 is 1.85 bits per heavy atom. The number of hydrogen-bond acceptors (Lipinski definition) is 7. The first-order chi connectivity index (χ1) is 16.2. The van der Waals surface area contributed by atoms with Crippen LogP contribution in [0.3, 0.4) is 0 Å². The van der Waals surface area contributed by atoms with E-state index >= 15 is 0 Å². The van der Waals surface area contributed by atoms with Gasteiger partial charge in [-0.05, 0) is 62.2 Å². The number of benzene rings is 2. The van der Waals surface area contributed by atoms with Gasteiger partial charge in [0.25, 0.3) is 5.56 Å². The van der Waals surface area contributed by atoms with E-state index in [1.54, 1.807) is 54.0 Å². The predicted octanol–water partition coefficient (Wildman–Crippen LogP) is 3.62. The molecule has 7 nitrogen and oxygen atoms in total. The summed E-state index contributed by atoms with van der Waals surface area (Å²) in [6, 6.07) is 14.0. The van der Waals surface area contributed by atoms with Crippen LogP contribution in [0.4, 0.5) is 5.69 Å². The summed E-state index contributed by atoms with van der Waals surface area (Å²) in [5.74, 6) is -0.318. The van der Waals surface area contributed by atoms with Gasteiger partial charge in [-0.2, -0.15) is 0 Å². The van der Waals surface area contributed by atoms with Crippen molar-refractivity contribution in [2.24, 2.45) is 0 Å². The molecule has 174 valence electrons. The zero-order chi connectivity index (χ0) is 24.0. The molecule has 1 aliphatic rings. The fraction of sp³-hybridized carbons (Fsp3) is 0.240. The van der Waals surface area contributed by atoms with Crippen LogP contribution in [0.2, 0.25) is 0 Å². The lowest BCUT2D eigenvalue weighted by Crippen LogP contribution is -2.22. The van der Waals surface area contributed by atoms with E-state index in [2.05, 4.69) is 5.32 Å². The van der Waals surface area contributed by atoms with Crippen LogP contribution >= 0.6 is 11.3 Å². The summed E-state index contributed by atoms with van der Waals surface area (Å²) in [5, 5.41) is 3.88. The Morgan fingerprint density at radius 3 is 2.56 bits per heavy atom. The van der Waals surface area contributed by atoms with Crippen LogP contribution in [0.25, 0.3) is 16.6 Å². The van der Waals surface area contributed by atoms with Crippen molar-refractivity contribution in [3.8, 4) is 5.69 Å². The largest absolute Gasteiger partial charge is 0.384 e. The summed E-state index contributed by atoms with van der Waals surface area (Å²) in [6.07, 6.45) is 0.847. The molecule has 0 fully saturated rings. The molecule has 1 N–H and O–H groups in total. The van der Waals surface area contributed by atoms with Gasteiger partial charge in [-0.25, -0.2) is 13.4 Å². The Labute approximate surface area is 201 Å². The molecule has 0 radical (unpaired) electrons. The molecule has 0 amide bonds. The Balaban J connectivity index is 1.39. The van der Waals surface area contributed by atoms with E-state index in [1.807, 2.05) is 13.0 Å². The predicted molar refractivity (Wildman–Crippen MR) is 134 cm³/mol. The third-order valence-electron chi connectivity index (χ3n) is 5.97. The Morgan fingerprint density at radius 1 is 1.09 bits per heavy atom. The molecule has 5 rings (SSSR count). The number of nitrogens with zero attached hydrogens (tertiary/aromatic N) is 2. The van der Waals surface area contributed by atoms with Crippen LogP contribution in [0.15, 0.2) is 57.5 Å². The second-order valence-electron chi connectivity index (χ2n) is 8.47. The number of thiophene rings is 1. The minimum atomic E-state index is -3.64. The van der Waals surface area contributed by atoms with Gasteiger partial charge in [0.05, 0.1) is 16.6 Å². The van der Waals surface area contributed by atoms with Gasteiger partial charge >= 0.3 is 0 Å². The number of fused-ring (bicyclic) bond motifs is 3. The minimum absolute atomic E-state index is 0.00680. The highest BCUT2D eigenvalue weighted by molar-refractivity contribution is 7.94. The third-order valence-corrected chi connectivity index (χ3v) is 9.23. The van der Waals surface area contributed by atoms with E-state index in [9.17, 15) is 18.0 Å². The van der Waals surface area contributed by atoms with Gasteiger partial charge in [0, 0.05) is 29.1 Å². The van der Waals surface area contributed by atoms with Crippen molar-refractivity contribution in [2.45, 2.75) is 30.9 Å². The molecule has 1 aliphatic heterocycles. The van der Waals surface area contributed by atoms with Crippen molar-refractivity contribution in [2.75, 3.05) is 17.6 Å². The first kappa shape index (κ1) is 22.5. The second-order valence-corrected chi connectivity index (χ2v) is 12.0. The highest BCUT2D eigenvalue weighted by atomic mass is 32.2. The number of aromatic nitrogens is 2. The van der Waals surface area contributed by atoms with Crippen LogP contribution in [0.1, 0.15) is 21.8 Å². The number of nitrogens with one attached hydrogen (secondary N) is 1. The molecule has 0 saturated heterocycles. The van der Waals surface area contributed by atoms with Gasteiger partial charge in [0.15, 0.2) is 15.6 Å². The first-order valence-electron chi connectivity index (χ1n) is 10.9. The quantitative estimate of drug-likeness (QED) is 0.441. The minimum Gasteiger partial charge on any atom is -0.384 e. The molecule has 3 heterocycles. The second kappa shape index (κ2) is 8.48. The molecule has 0 bridgehead atoms. The molecule has 9 heteroatoms. The standard InChI is InChI=1S/C25H23N3O4S2/c1-15-3-10-23(33-15)34(31,32)14-19(29)13-17-4-6-18(7-5-17)28-16(2)27-24-20-11-12-26-22(20)9-8-21(24)25(28)30/h3-10,26H,11-14H2,1-2H3. The maximum Gasteiger partial charge on any atom is 0.265 e. The van der Waals surface area contributed by atoms with Crippen LogP contribution in [-0.2, 0) is 27.5 Å². The lowest BCUT2D eigenvalue weighted by Gasteiger charge is -2.13. The molecule has 0 spiro atoms. The fourth-order valence-corrected chi connectivity index (χ4v) is 6.98. The number of anilines is 1. The Hall–Kier alpha value is -3.30. The van der Waals surface area contributed by atoms with Gasteiger partial charge in [-0.3, -0.25) is 14.2 Å². The van der Waals surface area contributed by atoms with Crippen molar-refractivity contribution in [3.63, 3.8) is 0 Å². The number of carbonyl (C=O) groups excluding carboxylic acids is 1. The molecule has 2 aromatic carbocycles. The van der Waals surface area contributed by atoms with Gasteiger partial charge in [-0.1, -0.05) is 12.1 Å². The maximum absolute atomic E-state index is 13.3. The first-order valence-corrected chi connectivity index (χ1v) is 13.4. The van der Waals surface area contributed by atoms with Crippen molar-refractivity contribution in [1.82, 2.24) is 9.55 Å². The van der Waals surface area contributed by atoms with E-state index in [4.69, 9.17) is 4.98 Å². The molecular weight excluding hydrogens is 470 g/mol. The summed E-state index contributed by atoms with van der Waals surface area (Å²) in [5.41, 5.74) is 4.04. The summed E-state index contributed by atoms with van der Waals surface area (Å²) >= 11 is 1.17. The molecule has 34 heavy (non-hydrogen) atoms. The lowest BCUT2D eigenvalue weighted by molar-refractivity contribution is -0.116. The Bertz CT molecular complexity index is 1600. The normalized spacial score (nSPS) is 13.1. The monoisotopic (exact) mass is 493 g/mol. The highest BCUT2D eigenvalue weighted by Crippen LogP contribution is 2.28. The number of sulfone groups is 1. The number of rotatable bonds is 6. The van der Waals surface area contributed by atoms with Crippen molar-refractivity contribution in [3.05, 3.63) is 80.7 Å². The molecule has 0 atom stereocenters. The van der Waals surface area contributed by atoms with Crippen LogP contribution < -0.4 is 10.9 Å². The molecule has 0 aliphatic carbocycles. The van der Waals surface area contributed by atoms with E-state index in [-0.39, 0.29) is 22.0 Å². The Kier molecular flexibility index (Phi) is 5.61. The van der Waals surface area contributed by atoms with Crippen LogP contribution in [0.5, 0.6) is 0 Å². The topological polar surface area (TPSA) is 98.1 Å². The fourth-order valence-electron chi connectivity index (χ4n) is 4.36. The van der Waals surface area contributed by atoms with Gasteiger partial charge in [0.1, 0.15) is 15.8 Å². The summed E-state index contributed by atoms with van der Waals surface area (Å²) in [6.45, 7) is 4.47. The zero-order valence-electron chi connectivity index (χ0n) is 18.8. The van der Waals surface area contributed by atoms with Crippen molar-refractivity contribution < 1.29 is 13.2 Å². The molecule has 2 aromatic heterocycles. The van der Waals surface area contributed by atoms with Crippen molar-refractivity contribution >= 4 is 43.5 Å². The van der Waals surface area contributed by atoms with Crippen LogP contribution in [0, 0.1) is 13.8 Å². The van der Waals surface area contributed by atoms with Gasteiger partial charge < -0.3 is 5.32 Å². The molecule has 0 saturated carbocycles. The lowest BCUT2D eigenvalue weighted by atomic mass is 10.1. The maximum atomic E-state index is 13.3. The average molecular weight is 494 g/mol. The number of Topliss-reactive ketones (excluding diaryl/α,β-unsaturated/α-hetero) is 1. The number of hydrogen-bond donors (Lipinski definition) is 1. The third kappa shape index (κ3) is 4.05. The van der Waals surface area contributed by atoms with E-state index < -0.39 is 15.6 Å². The summed E-state index contributed by atoms with van der Waals surface area (Å²) in [4.78, 5) is 31.4. The molecular formula is C25H23N3O4S2.